The summed E-state index contributed by atoms with van der Waals surface area (Å²) in [5.41, 5.74) is -0.704. The molecule has 182 valence electrons. The maximum absolute atomic E-state index is 12.6. The van der Waals surface area contributed by atoms with Gasteiger partial charge in [-0.25, -0.2) is 0 Å². The molecule has 5 atom stereocenters. The highest BCUT2D eigenvalue weighted by Crippen LogP contribution is 2.69. The molecule has 0 bridgehead atoms. The zero-order valence-corrected chi connectivity index (χ0v) is 20.6. The number of pyridine rings is 1. The normalized spacial score (nSPS) is 28.4. The number of hydrogen-bond acceptors (Lipinski definition) is 7. The Morgan fingerprint density at radius 2 is 1.80 bits per heavy atom. The summed E-state index contributed by atoms with van der Waals surface area (Å²) >= 11 is 0. The molecule has 1 saturated carbocycles. The van der Waals surface area contributed by atoms with Crippen LogP contribution in [0.5, 0.6) is 11.5 Å². The van der Waals surface area contributed by atoms with Crippen LogP contribution < -0.4 is 9.47 Å². The van der Waals surface area contributed by atoms with E-state index in [0.717, 1.165) is 5.56 Å². The van der Waals surface area contributed by atoms with Crippen LogP contribution >= 0.6 is 12.4 Å². The predicted molar refractivity (Wildman–Crippen MR) is 133 cm³/mol. The van der Waals surface area contributed by atoms with Crippen molar-refractivity contribution in [3.8, 4) is 17.6 Å². The second-order valence-corrected chi connectivity index (χ2v) is 9.27. The number of hydrogen-bond donors (Lipinski definition) is 2. The first kappa shape index (κ1) is 25.0. The van der Waals surface area contributed by atoms with Gasteiger partial charge in [0.25, 0.3) is 0 Å². The van der Waals surface area contributed by atoms with Gasteiger partial charge in [0, 0.05) is 18.4 Å². The van der Waals surface area contributed by atoms with Gasteiger partial charge in [-0.3, -0.25) is 4.98 Å². The molecule has 2 aliphatic rings. The van der Waals surface area contributed by atoms with E-state index < -0.39 is 23.2 Å². The first-order valence-electron chi connectivity index (χ1n) is 11.2. The van der Waals surface area contributed by atoms with Gasteiger partial charge in [-0.1, -0.05) is 42.5 Å². The average molecular weight is 494 g/mol. The minimum absolute atomic E-state index is 0. The lowest BCUT2D eigenvalue weighted by Gasteiger charge is -2.41. The molecule has 2 N–H and O–H groups in total. The van der Waals surface area contributed by atoms with Crippen LogP contribution in [0.1, 0.15) is 28.2 Å². The molecule has 7 nitrogen and oxygen atoms in total. The van der Waals surface area contributed by atoms with E-state index in [0.29, 0.717) is 34.7 Å². The first-order chi connectivity index (χ1) is 16.4. The Labute approximate surface area is 211 Å². The molecule has 0 unspecified atom stereocenters. The fourth-order valence-electron chi connectivity index (χ4n) is 5.95. The molecule has 35 heavy (non-hydrogen) atoms. The number of aliphatic hydroxyl groups excluding tert-OH is 1. The minimum atomic E-state index is -1.83. The van der Waals surface area contributed by atoms with Crippen molar-refractivity contribution in [1.82, 2.24) is 9.88 Å². The van der Waals surface area contributed by atoms with Crippen LogP contribution in [0.25, 0.3) is 0 Å². The molecule has 2 aromatic carbocycles. The molecule has 8 heteroatoms. The molecule has 2 heterocycles. The van der Waals surface area contributed by atoms with E-state index in [1.54, 1.807) is 30.5 Å². The average Bonchev–Trinajstić information content (AvgIpc) is 3.23. The van der Waals surface area contributed by atoms with Crippen LogP contribution in [0.15, 0.2) is 67.0 Å². The van der Waals surface area contributed by atoms with Gasteiger partial charge in [-0.2, -0.15) is 5.26 Å². The number of benzene rings is 2. The zero-order chi connectivity index (χ0) is 24.1. The lowest BCUT2D eigenvalue weighted by molar-refractivity contribution is -0.152. The third-order valence-corrected chi connectivity index (χ3v) is 7.19. The summed E-state index contributed by atoms with van der Waals surface area (Å²) in [5, 5.41) is 33.9. The Bertz CT molecular complexity index is 1250. The molecule has 0 saturated heterocycles. The van der Waals surface area contributed by atoms with E-state index in [9.17, 15) is 15.5 Å². The number of ether oxygens (including phenoxy) is 2. The van der Waals surface area contributed by atoms with Crippen LogP contribution in [-0.2, 0) is 11.2 Å². The van der Waals surface area contributed by atoms with Gasteiger partial charge in [0.1, 0.15) is 11.5 Å². The number of aliphatic hydroxyl groups is 2. The molecule has 0 amide bonds. The van der Waals surface area contributed by atoms with E-state index in [4.69, 9.17) is 9.47 Å². The molecule has 1 aliphatic heterocycles. The Balaban J connectivity index is 0.00000289. The molecule has 3 aromatic rings. The minimum Gasteiger partial charge on any atom is -0.495 e. The Kier molecular flexibility index (Phi) is 6.52. The Morgan fingerprint density at radius 1 is 1.11 bits per heavy atom. The SMILES string of the molecule is COc1cncc2c1[C@]1(O)[C@H](O)[C@H](CN(C)C)[C@@H](c3ccccc3)[C@]1(c1ccc(C#N)cc1)O2.Cl. The van der Waals surface area contributed by atoms with E-state index in [1.807, 2.05) is 49.3 Å². The number of nitriles is 1. The number of aromatic nitrogens is 1. The van der Waals surface area contributed by atoms with Gasteiger partial charge in [0.2, 0.25) is 0 Å². The van der Waals surface area contributed by atoms with Gasteiger partial charge in [0.15, 0.2) is 11.2 Å². The summed E-state index contributed by atoms with van der Waals surface area (Å²) in [4.78, 5) is 6.24. The van der Waals surface area contributed by atoms with Crippen molar-refractivity contribution in [3.05, 3.63) is 89.2 Å². The third-order valence-electron chi connectivity index (χ3n) is 7.19. The number of halogens is 1. The van der Waals surface area contributed by atoms with Crippen LogP contribution in [-0.4, -0.2) is 54.0 Å². The topological polar surface area (TPSA) is 98.8 Å². The van der Waals surface area contributed by atoms with Gasteiger partial charge >= 0.3 is 0 Å². The fourth-order valence-corrected chi connectivity index (χ4v) is 5.95. The largest absolute Gasteiger partial charge is 0.495 e. The lowest BCUT2D eigenvalue weighted by Crippen LogP contribution is -2.52. The summed E-state index contributed by atoms with van der Waals surface area (Å²) in [5.74, 6) is -0.0633. The Morgan fingerprint density at radius 3 is 2.40 bits per heavy atom. The second kappa shape index (κ2) is 9.14. The highest BCUT2D eigenvalue weighted by molar-refractivity contribution is 5.85. The van der Waals surface area contributed by atoms with Crippen LogP contribution in [0, 0.1) is 17.2 Å². The van der Waals surface area contributed by atoms with Gasteiger partial charge in [-0.15, -0.1) is 12.4 Å². The molecular formula is C27H28ClN3O4. The predicted octanol–water partition coefficient (Wildman–Crippen LogP) is 3.20. The molecule has 5 rings (SSSR count). The maximum atomic E-state index is 12.6. The van der Waals surface area contributed by atoms with Crippen LogP contribution in [0.3, 0.4) is 0 Å². The molecule has 1 aromatic heterocycles. The number of methoxy groups -OCH3 is 1. The maximum Gasteiger partial charge on any atom is 0.177 e. The first-order valence-corrected chi connectivity index (χ1v) is 11.2. The quantitative estimate of drug-likeness (QED) is 0.563. The molecule has 0 radical (unpaired) electrons. The summed E-state index contributed by atoms with van der Waals surface area (Å²) in [6.45, 7) is 0.521. The smallest absolute Gasteiger partial charge is 0.177 e. The van der Waals surface area contributed by atoms with Crippen molar-refractivity contribution in [2.24, 2.45) is 5.92 Å². The summed E-state index contributed by atoms with van der Waals surface area (Å²) in [7, 11) is 5.40. The van der Waals surface area contributed by atoms with Crippen molar-refractivity contribution < 1.29 is 19.7 Å². The fraction of sp³-hybridized carbons (Fsp3) is 0.333. The van der Waals surface area contributed by atoms with Crippen molar-refractivity contribution >= 4 is 12.4 Å². The van der Waals surface area contributed by atoms with Gasteiger partial charge < -0.3 is 24.6 Å². The van der Waals surface area contributed by atoms with Crippen molar-refractivity contribution in [1.29, 1.82) is 5.26 Å². The monoisotopic (exact) mass is 493 g/mol. The summed E-state index contributed by atoms with van der Waals surface area (Å²) in [6, 6.07) is 19.0. The van der Waals surface area contributed by atoms with E-state index in [-0.39, 0.29) is 18.3 Å². The standard InChI is InChI=1S/C27H27N3O4.ClH/c1-30(2)16-20-23(18-7-5-4-6-8-18)27(19-11-9-17(13-28)10-12-19)26(32,25(20)31)24-21(33-3)14-29-15-22(24)34-27;/h4-12,14-15,20,23,25,31-32H,16H2,1-3H3;1H/t20-,23-,25-,26+,27+;/m1./s1. The number of fused-ring (bicyclic) bond motifs is 3. The zero-order valence-electron chi connectivity index (χ0n) is 19.8. The lowest BCUT2D eigenvalue weighted by atomic mass is 9.70. The van der Waals surface area contributed by atoms with Crippen LogP contribution in [0.2, 0.25) is 0 Å². The molecule has 1 fully saturated rings. The van der Waals surface area contributed by atoms with Crippen molar-refractivity contribution in [3.63, 3.8) is 0 Å². The summed E-state index contributed by atoms with van der Waals surface area (Å²) in [6.07, 6.45) is 1.90. The molecule has 0 spiro atoms. The van der Waals surface area contributed by atoms with E-state index >= 15 is 0 Å². The van der Waals surface area contributed by atoms with Crippen molar-refractivity contribution in [2.75, 3.05) is 27.7 Å². The van der Waals surface area contributed by atoms with Gasteiger partial charge in [-0.05, 0) is 37.4 Å². The molecule has 1 aliphatic carbocycles. The second-order valence-electron chi connectivity index (χ2n) is 9.27. The summed E-state index contributed by atoms with van der Waals surface area (Å²) < 4.78 is 12.3. The van der Waals surface area contributed by atoms with Crippen LogP contribution in [0.4, 0.5) is 0 Å². The third kappa shape index (κ3) is 3.40. The molecular weight excluding hydrogens is 466 g/mol. The van der Waals surface area contributed by atoms with Gasteiger partial charge in [0.05, 0.1) is 42.8 Å². The Hall–Kier alpha value is -3.15. The number of rotatable bonds is 5. The van der Waals surface area contributed by atoms with E-state index in [2.05, 4.69) is 11.1 Å². The highest BCUT2D eigenvalue weighted by atomic mass is 35.5. The van der Waals surface area contributed by atoms with Crippen molar-refractivity contribution in [2.45, 2.75) is 23.2 Å². The number of nitrogens with zero attached hydrogens (tertiary/aromatic N) is 3. The van der Waals surface area contributed by atoms with E-state index in [1.165, 1.54) is 13.3 Å². The highest BCUT2D eigenvalue weighted by Gasteiger charge is 2.76.